The molecule has 0 spiro atoms. The SMILES string of the molecule is CCOC(=O)c1cc(CCC#N)ccc1C. The first kappa shape index (κ1) is 12.3. The van der Waals surface area contributed by atoms with Crippen molar-refractivity contribution in [2.45, 2.75) is 26.7 Å². The van der Waals surface area contributed by atoms with Gasteiger partial charge in [-0.25, -0.2) is 4.79 Å². The molecular weight excluding hydrogens is 202 g/mol. The number of rotatable bonds is 4. The monoisotopic (exact) mass is 217 g/mol. The third-order valence-electron chi connectivity index (χ3n) is 2.32. The molecule has 0 amide bonds. The average molecular weight is 217 g/mol. The van der Waals surface area contributed by atoms with Gasteiger partial charge in [0.2, 0.25) is 0 Å². The van der Waals surface area contributed by atoms with Crippen molar-refractivity contribution < 1.29 is 9.53 Å². The van der Waals surface area contributed by atoms with E-state index in [0.717, 1.165) is 11.1 Å². The normalized spacial score (nSPS) is 9.56. The summed E-state index contributed by atoms with van der Waals surface area (Å²) in [5.41, 5.74) is 2.49. The Kier molecular flexibility index (Phi) is 4.53. The second-order valence-electron chi connectivity index (χ2n) is 3.53. The molecule has 16 heavy (non-hydrogen) atoms. The van der Waals surface area contributed by atoms with Gasteiger partial charge in [-0.1, -0.05) is 12.1 Å². The van der Waals surface area contributed by atoms with Gasteiger partial charge in [-0.05, 0) is 37.5 Å². The number of esters is 1. The minimum absolute atomic E-state index is 0.293. The molecule has 0 unspecified atom stereocenters. The van der Waals surface area contributed by atoms with Gasteiger partial charge in [-0.15, -0.1) is 0 Å². The van der Waals surface area contributed by atoms with E-state index in [0.29, 0.717) is 25.0 Å². The largest absolute Gasteiger partial charge is 0.462 e. The topological polar surface area (TPSA) is 50.1 Å². The number of benzene rings is 1. The lowest BCUT2D eigenvalue weighted by Gasteiger charge is -2.07. The predicted molar refractivity (Wildman–Crippen MR) is 61.1 cm³/mol. The van der Waals surface area contributed by atoms with E-state index in [2.05, 4.69) is 6.07 Å². The zero-order valence-electron chi connectivity index (χ0n) is 9.62. The van der Waals surface area contributed by atoms with Crippen molar-refractivity contribution in [2.75, 3.05) is 6.61 Å². The number of carbonyl (C=O) groups is 1. The fourth-order valence-corrected chi connectivity index (χ4v) is 1.45. The van der Waals surface area contributed by atoms with Crippen LogP contribution in [0.25, 0.3) is 0 Å². The zero-order chi connectivity index (χ0) is 12.0. The Bertz CT molecular complexity index is 418. The Labute approximate surface area is 95.7 Å². The van der Waals surface area contributed by atoms with E-state index < -0.39 is 0 Å². The molecule has 0 bridgehead atoms. The Hall–Kier alpha value is -1.82. The van der Waals surface area contributed by atoms with Crippen LogP contribution in [0.4, 0.5) is 0 Å². The van der Waals surface area contributed by atoms with Gasteiger partial charge in [0.05, 0.1) is 18.2 Å². The van der Waals surface area contributed by atoms with Gasteiger partial charge in [-0.2, -0.15) is 5.26 Å². The predicted octanol–water partition coefficient (Wildman–Crippen LogP) is 2.63. The Morgan fingerprint density at radius 3 is 2.88 bits per heavy atom. The van der Waals surface area contributed by atoms with Crippen molar-refractivity contribution in [1.82, 2.24) is 0 Å². The Morgan fingerprint density at radius 1 is 1.50 bits per heavy atom. The third-order valence-corrected chi connectivity index (χ3v) is 2.32. The number of carbonyl (C=O) groups excluding carboxylic acids is 1. The molecule has 0 N–H and O–H groups in total. The van der Waals surface area contributed by atoms with Crippen LogP contribution in [0.2, 0.25) is 0 Å². The molecule has 3 nitrogen and oxygen atoms in total. The number of nitrogens with zero attached hydrogens (tertiary/aromatic N) is 1. The van der Waals surface area contributed by atoms with Gasteiger partial charge in [-0.3, -0.25) is 0 Å². The second kappa shape index (κ2) is 5.92. The van der Waals surface area contributed by atoms with E-state index in [9.17, 15) is 4.79 Å². The van der Waals surface area contributed by atoms with Crippen LogP contribution in [0.15, 0.2) is 18.2 Å². The van der Waals surface area contributed by atoms with Crippen molar-refractivity contribution in [1.29, 1.82) is 5.26 Å². The quantitative estimate of drug-likeness (QED) is 0.728. The number of hydrogen-bond acceptors (Lipinski definition) is 3. The summed E-state index contributed by atoms with van der Waals surface area (Å²) in [5.74, 6) is -0.293. The van der Waals surface area contributed by atoms with E-state index in [1.54, 1.807) is 6.92 Å². The minimum Gasteiger partial charge on any atom is -0.462 e. The fourth-order valence-electron chi connectivity index (χ4n) is 1.45. The molecule has 0 aromatic heterocycles. The first-order valence-electron chi connectivity index (χ1n) is 5.32. The van der Waals surface area contributed by atoms with Crippen molar-refractivity contribution in [3.05, 3.63) is 34.9 Å². The van der Waals surface area contributed by atoms with E-state index in [1.807, 2.05) is 25.1 Å². The lowest BCUT2D eigenvalue weighted by atomic mass is 10.0. The molecule has 0 atom stereocenters. The molecule has 0 aliphatic heterocycles. The van der Waals surface area contributed by atoms with Crippen LogP contribution in [0.5, 0.6) is 0 Å². The first-order valence-corrected chi connectivity index (χ1v) is 5.32. The summed E-state index contributed by atoms with van der Waals surface area (Å²) >= 11 is 0. The smallest absolute Gasteiger partial charge is 0.338 e. The average Bonchev–Trinajstić information content (AvgIpc) is 2.28. The number of ether oxygens (including phenoxy) is 1. The highest BCUT2D eigenvalue weighted by atomic mass is 16.5. The Balaban J connectivity index is 2.90. The highest BCUT2D eigenvalue weighted by Gasteiger charge is 2.10. The van der Waals surface area contributed by atoms with Crippen LogP contribution in [0.3, 0.4) is 0 Å². The van der Waals surface area contributed by atoms with Crippen molar-refractivity contribution in [3.63, 3.8) is 0 Å². The highest BCUT2D eigenvalue weighted by molar-refractivity contribution is 5.91. The first-order chi connectivity index (χ1) is 7.69. The van der Waals surface area contributed by atoms with Crippen LogP contribution in [0, 0.1) is 18.3 Å². The van der Waals surface area contributed by atoms with Crippen molar-refractivity contribution in [3.8, 4) is 6.07 Å². The lowest BCUT2D eigenvalue weighted by Crippen LogP contribution is -2.07. The van der Waals surface area contributed by atoms with Crippen LogP contribution >= 0.6 is 0 Å². The fraction of sp³-hybridized carbons (Fsp3) is 0.385. The van der Waals surface area contributed by atoms with Crippen LogP contribution in [0.1, 0.15) is 34.8 Å². The lowest BCUT2D eigenvalue weighted by molar-refractivity contribution is 0.0525. The number of nitriles is 1. The maximum absolute atomic E-state index is 11.6. The zero-order valence-corrected chi connectivity index (χ0v) is 9.62. The van der Waals surface area contributed by atoms with E-state index in [4.69, 9.17) is 10.00 Å². The van der Waals surface area contributed by atoms with Crippen molar-refractivity contribution in [2.24, 2.45) is 0 Å². The van der Waals surface area contributed by atoms with Crippen LogP contribution in [-0.2, 0) is 11.2 Å². The molecule has 0 radical (unpaired) electrons. The Morgan fingerprint density at radius 2 is 2.25 bits per heavy atom. The van der Waals surface area contributed by atoms with Gasteiger partial charge in [0, 0.05) is 6.42 Å². The molecule has 1 aromatic carbocycles. The number of hydrogen-bond donors (Lipinski definition) is 0. The van der Waals surface area contributed by atoms with Crippen LogP contribution in [-0.4, -0.2) is 12.6 Å². The highest BCUT2D eigenvalue weighted by Crippen LogP contribution is 2.14. The summed E-state index contributed by atoms with van der Waals surface area (Å²) in [6.07, 6.45) is 1.13. The molecular formula is C13H15NO2. The molecule has 0 heterocycles. The van der Waals surface area contributed by atoms with E-state index in [-0.39, 0.29) is 5.97 Å². The molecule has 0 aliphatic carbocycles. The van der Waals surface area contributed by atoms with Crippen molar-refractivity contribution >= 4 is 5.97 Å². The number of aryl methyl sites for hydroxylation is 2. The molecule has 0 saturated heterocycles. The summed E-state index contributed by atoms with van der Waals surface area (Å²) in [6, 6.07) is 7.73. The third kappa shape index (κ3) is 3.09. The van der Waals surface area contributed by atoms with Gasteiger partial charge in [0.15, 0.2) is 0 Å². The van der Waals surface area contributed by atoms with Crippen LogP contribution < -0.4 is 0 Å². The summed E-state index contributed by atoms with van der Waals surface area (Å²) in [7, 11) is 0. The molecule has 0 aliphatic rings. The maximum Gasteiger partial charge on any atom is 0.338 e. The molecule has 0 fully saturated rings. The summed E-state index contributed by atoms with van der Waals surface area (Å²) in [4.78, 5) is 11.6. The van der Waals surface area contributed by atoms with E-state index in [1.165, 1.54) is 0 Å². The van der Waals surface area contributed by atoms with Gasteiger partial charge in [0.25, 0.3) is 0 Å². The standard InChI is InChI=1S/C13H15NO2/c1-3-16-13(15)12-9-11(5-4-8-14)7-6-10(12)2/h6-7,9H,3-5H2,1-2H3. The van der Waals surface area contributed by atoms with Gasteiger partial charge < -0.3 is 4.74 Å². The molecule has 0 saturated carbocycles. The maximum atomic E-state index is 11.6. The summed E-state index contributed by atoms with van der Waals surface area (Å²) in [6.45, 7) is 4.04. The molecule has 3 heteroatoms. The van der Waals surface area contributed by atoms with Gasteiger partial charge >= 0.3 is 5.97 Å². The molecule has 1 aromatic rings. The second-order valence-corrected chi connectivity index (χ2v) is 3.53. The van der Waals surface area contributed by atoms with E-state index >= 15 is 0 Å². The summed E-state index contributed by atoms with van der Waals surface area (Å²) < 4.78 is 4.96. The summed E-state index contributed by atoms with van der Waals surface area (Å²) in [5, 5.41) is 8.50. The molecule has 84 valence electrons. The van der Waals surface area contributed by atoms with Gasteiger partial charge in [0.1, 0.15) is 0 Å². The minimum atomic E-state index is -0.293. The molecule has 1 rings (SSSR count).